The minimum absolute atomic E-state index is 0.204. The molecule has 0 saturated heterocycles. The molecule has 9 heteroatoms. The number of ether oxygens (including phenoxy) is 2. The number of carbonyl (C=O) groups excluding carboxylic acids is 1. The monoisotopic (exact) mass is 474 g/mol. The SMILES string of the molecule is CCCNC(=O)N(CCOC)Cc1c(C)nn(-c2ccc(Cl)cc2)c1Oc1cccc(F)c1. The van der Waals surface area contributed by atoms with Crippen LogP contribution in [0.4, 0.5) is 9.18 Å². The number of aromatic nitrogens is 2. The van der Waals surface area contributed by atoms with E-state index < -0.39 is 5.82 Å². The summed E-state index contributed by atoms with van der Waals surface area (Å²) >= 11 is 6.05. The Morgan fingerprint density at radius 1 is 1.24 bits per heavy atom. The summed E-state index contributed by atoms with van der Waals surface area (Å²) < 4.78 is 26.8. The number of urea groups is 1. The number of methoxy groups -OCH3 is 1. The number of rotatable bonds is 10. The van der Waals surface area contributed by atoms with Crippen molar-refractivity contribution in [1.82, 2.24) is 20.0 Å². The van der Waals surface area contributed by atoms with E-state index in [1.807, 2.05) is 26.0 Å². The van der Waals surface area contributed by atoms with Gasteiger partial charge in [-0.2, -0.15) is 5.10 Å². The molecule has 0 bridgehead atoms. The van der Waals surface area contributed by atoms with Crippen molar-refractivity contribution in [2.24, 2.45) is 0 Å². The van der Waals surface area contributed by atoms with Crippen molar-refractivity contribution in [3.05, 3.63) is 70.6 Å². The van der Waals surface area contributed by atoms with Crippen LogP contribution in [-0.2, 0) is 11.3 Å². The largest absolute Gasteiger partial charge is 0.438 e. The van der Waals surface area contributed by atoms with Crippen molar-refractivity contribution >= 4 is 17.6 Å². The number of carbonyl (C=O) groups is 1. The van der Waals surface area contributed by atoms with Crippen molar-refractivity contribution in [3.63, 3.8) is 0 Å². The first-order valence-corrected chi connectivity index (χ1v) is 11.1. The zero-order chi connectivity index (χ0) is 23.8. The molecule has 0 aliphatic heterocycles. The first-order valence-electron chi connectivity index (χ1n) is 10.7. The van der Waals surface area contributed by atoms with Gasteiger partial charge in [0.1, 0.15) is 11.6 Å². The van der Waals surface area contributed by atoms with Gasteiger partial charge >= 0.3 is 6.03 Å². The van der Waals surface area contributed by atoms with Gasteiger partial charge in [0.2, 0.25) is 5.88 Å². The highest BCUT2D eigenvalue weighted by Gasteiger charge is 2.23. The summed E-state index contributed by atoms with van der Waals surface area (Å²) in [6.07, 6.45) is 0.825. The summed E-state index contributed by atoms with van der Waals surface area (Å²) in [5, 5.41) is 8.14. The first-order chi connectivity index (χ1) is 15.9. The number of nitrogens with one attached hydrogen (secondary N) is 1. The second-order valence-electron chi connectivity index (χ2n) is 7.46. The fourth-order valence-electron chi connectivity index (χ4n) is 3.21. The molecule has 2 amide bonds. The van der Waals surface area contributed by atoms with Crippen LogP contribution in [0, 0.1) is 12.7 Å². The maximum Gasteiger partial charge on any atom is 0.317 e. The third-order valence-electron chi connectivity index (χ3n) is 4.95. The standard InChI is InChI=1S/C24H28ClFN4O3/c1-4-12-27-24(31)29(13-14-32-3)16-22-17(2)28-30(20-10-8-18(25)9-11-20)23(22)33-21-7-5-6-19(26)15-21/h5-11,15H,4,12-14,16H2,1-3H3,(H,27,31). The molecule has 0 atom stereocenters. The van der Waals surface area contributed by atoms with E-state index in [0.717, 1.165) is 12.1 Å². The fourth-order valence-corrected chi connectivity index (χ4v) is 3.34. The molecule has 176 valence electrons. The molecule has 33 heavy (non-hydrogen) atoms. The molecule has 0 aliphatic rings. The van der Waals surface area contributed by atoms with E-state index in [9.17, 15) is 9.18 Å². The molecule has 1 heterocycles. The molecular formula is C24H28ClFN4O3. The van der Waals surface area contributed by atoms with Crippen LogP contribution in [0.1, 0.15) is 24.6 Å². The average molecular weight is 475 g/mol. The number of hydrogen-bond donors (Lipinski definition) is 1. The van der Waals surface area contributed by atoms with E-state index in [1.165, 1.54) is 12.1 Å². The molecule has 1 aromatic heterocycles. The van der Waals surface area contributed by atoms with E-state index in [2.05, 4.69) is 10.4 Å². The second-order valence-corrected chi connectivity index (χ2v) is 7.90. The zero-order valence-electron chi connectivity index (χ0n) is 19.0. The van der Waals surface area contributed by atoms with Gasteiger partial charge in [0, 0.05) is 31.3 Å². The van der Waals surface area contributed by atoms with Crippen LogP contribution in [0.15, 0.2) is 48.5 Å². The lowest BCUT2D eigenvalue weighted by molar-refractivity contribution is 0.146. The predicted octanol–water partition coefficient (Wildman–Crippen LogP) is 5.33. The number of benzene rings is 2. The Bertz CT molecular complexity index is 1070. The molecule has 0 unspecified atom stereocenters. The van der Waals surface area contributed by atoms with Crippen LogP contribution >= 0.6 is 11.6 Å². The van der Waals surface area contributed by atoms with Gasteiger partial charge < -0.3 is 19.7 Å². The topological polar surface area (TPSA) is 68.6 Å². The Labute approximate surface area is 198 Å². The minimum atomic E-state index is -0.413. The summed E-state index contributed by atoms with van der Waals surface area (Å²) in [5.41, 5.74) is 2.11. The quantitative estimate of drug-likeness (QED) is 0.431. The van der Waals surface area contributed by atoms with Crippen LogP contribution in [0.3, 0.4) is 0 Å². The van der Waals surface area contributed by atoms with E-state index in [1.54, 1.807) is 41.0 Å². The second kappa shape index (κ2) is 11.7. The molecule has 1 N–H and O–H groups in total. The Morgan fingerprint density at radius 3 is 2.67 bits per heavy atom. The summed E-state index contributed by atoms with van der Waals surface area (Å²) in [7, 11) is 1.59. The zero-order valence-corrected chi connectivity index (χ0v) is 19.7. The van der Waals surface area contributed by atoms with E-state index >= 15 is 0 Å². The first kappa shape index (κ1) is 24.5. The minimum Gasteiger partial charge on any atom is -0.438 e. The van der Waals surface area contributed by atoms with Crippen LogP contribution in [0.5, 0.6) is 11.6 Å². The highest BCUT2D eigenvalue weighted by molar-refractivity contribution is 6.30. The van der Waals surface area contributed by atoms with Gasteiger partial charge in [-0.05, 0) is 49.7 Å². The van der Waals surface area contributed by atoms with Gasteiger partial charge in [0.15, 0.2) is 0 Å². The van der Waals surface area contributed by atoms with E-state index in [0.29, 0.717) is 47.6 Å². The lowest BCUT2D eigenvalue weighted by atomic mass is 10.2. The summed E-state index contributed by atoms with van der Waals surface area (Å²) in [5.74, 6) is 0.306. The van der Waals surface area contributed by atoms with Gasteiger partial charge in [-0.25, -0.2) is 13.9 Å². The van der Waals surface area contributed by atoms with Crippen molar-refractivity contribution in [1.29, 1.82) is 0 Å². The fraction of sp³-hybridized carbons (Fsp3) is 0.333. The van der Waals surface area contributed by atoms with Crippen LogP contribution in [0.2, 0.25) is 5.02 Å². The molecule has 0 fully saturated rings. The molecule has 0 spiro atoms. The van der Waals surface area contributed by atoms with Crippen molar-refractivity contribution in [3.8, 4) is 17.3 Å². The predicted molar refractivity (Wildman–Crippen MR) is 126 cm³/mol. The lowest BCUT2D eigenvalue weighted by Gasteiger charge is -2.23. The van der Waals surface area contributed by atoms with Crippen molar-refractivity contribution in [2.45, 2.75) is 26.8 Å². The average Bonchev–Trinajstić information content (AvgIpc) is 3.10. The third-order valence-corrected chi connectivity index (χ3v) is 5.20. The summed E-state index contributed by atoms with van der Waals surface area (Å²) in [6, 6.07) is 12.8. The number of nitrogens with zero attached hydrogens (tertiary/aromatic N) is 3. The number of halogens is 2. The highest BCUT2D eigenvalue weighted by Crippen LogP contribution is 2.32. The highest BCUT2D eigenvalue weighted by atomic mass is 35.5. The normalized spacial score (nSPS) is 10.8. The van der Waals surface area contributed by atoms with Gasteiger partial charge in [-0.3, -0.25) is 0 Å². The molecule has 7 nitrogen and oxygen atoms in total. The lowest BCUT2D eigenvalue weighted by Crippen LogP contribution is -2.41. The maximum absolute atomic E-state index is 13.8. The molecule has 3 rings (SSSR count). The maximum atomic E-state index is 13.8. The van der Waals surface area contributed by atoms with Crippen LogP contribution in [-0.4, -0.2) is 47.5 Å². The molecule has 3 aromatic rings. The Morgan fingerprint density at radius 2 is 2.00 bits per heavy atom. The molecule has 2 aromatic carbocycles. The summed E-state index contributed by atoms with van der Waals surface area (Å²) in [6.45, 7) is 5.41. The van der Waals surface area contributed by atoms with Gasteiger partial charge in [-0.1, -0.05) is 24.6 Å². The molecule has 0 aliphatic carbocycles. The number of amides is 2. The Hall–Kier alpha value is -3.10. The molecular weight excluding hydrogens is 447 g/mol. The number of aryl methyl sites for hydroxylation is 1. The van der Waals surface area contributed by atoms with Crippen LogP contribution < -0.4 is 10.1 Å². The van der Waals surface area contributed by atoms with Crippen molar-refractivity contribution in [2.75, 3.05) is 26.8 Å². The van der Waals surface area contributed by atoms with Gasteiger partial charge in [-0.15, -0.1) is 0 Å². The van der Waals surface area contributed by atoms with E-state index in [4.69, 9.17) is 21.1 Å². The van der Waals surface area contributed by atoms with E-state index in [-0.39, 0.29) is 12.6 Å². The van der Waals surface area contributed by atoms with Crippen molar-refractivity contribution < 1.29 is 18.7 Å². The Balaban J connectivity index is 2.02. The van der Waals surface area contributed by atoms with Gasteiger partial charge in [0.05, 0.1) is 30.1 Å². The Kier molecular flexibility index (Phi) is 8.68. The molecule has 0 saturated carbocycles. The number of hydrogen-bond acceptors (Lipinski definition) is 4. The third kappa shape index (κ3) is 6.46. The summed E-state index contributed by atoms with van der Waals surface area (Å²) in [4.78, 5) is 14.4. The van der Waals surface area contributed by atoms with Crippen LogP contribution in [0.25, 0.3) is 5.69 Å². The van der Waals surface area contributed by atoms with Gasteiger partial charge in [0.25, 0.3) is 0 Å². The smallest absolute Gasteiger partial charge is 0.317 e. The molecule has 0 radical (unpaired) electrons.